The number of hydrogen-bond acceptors (Lipinski definition) is 3. The number of ether oxygens (including phenoxy) is 1. The predicted molar refractivity (Wildman–Crippen MR) is 90.3 cm³/mol. The fraction of sp³-hybridized carbons (Fsp3) is 0.278. The van der Waals surface area contributed by atoms with Crippen molar-refractivity contribution in [3.05, 3.63) is 54.6 Å². The second-order valence-electron chi connectivity index (χ2n) is 5.47. The van der Waals surface area contributed by atoms with Crippen LogP contribution in [0.15, 0.2) is 54.6 Å². The third kappa shape index (κ3) is 5.13. The molecule has 2 rings (SSSR count). The summed E-state index contributed by atoms with van der Waals surface area (Å²) in [4.78, 5) is 11.9. The first-order valence-corrected chi connectivity index (χ1v) is 7.46. The van der Waals surface area contributed by atoms with Gasteiger partial charge in [-0.05, 0) is 30.2 Å². The summed E-state index contributed by atoms with van der Waals surface area (Å²) in [6, 6.07) is 17.1. The molecular weight excluding hydrogens is 276 g/mol. The molecule has 0 saturated carbocycles. The maximum absolute atomic E-state index is 11.9. The Morgan fingerprint density at radius 2 is 1.73 bits per heavy atom. The Labute approximate surface area is 131 Å². The first-order valence-electron chi connectivity index (χ1n) is 7.46. The number of rotatable bonds is 7. The second-order valence-corrected chi connectivity index (χ2v) is 5.47. The fourth-order valence-corrected chi connectivity index (χ4v) is 1.90. The molecule has 0 aliphatic rings. The van der Waals surface area contributed by atoms with Crippen molar-refractivity contribution in [2.75, 3.05) is 23.8 Å². The molecule has 22 heavy (non-hydrogen) atoms. The summed E-state index contributed by atoms with van der Waals surface area (Å²) >= 11 is 0. The SMILES string of the molecule is CC(C)COc1ccccc1NCC(=O)Nc1ccccc1. The Morgan fingerprint density at radius 1 is 1.05 bits per heavy atom. The first-order chi connectivity index (χ1) is 10.6. The number of amides is 1. The van der Waals surface area contributed by atoms with E-state index in [4.69, 9.17) is 4.74 Å². The van der Waals surface area contributed by atoms with Crippen molar-refractivity contribution in [1.29, 1.82) is 0 Å². The van der Waals surface area contributed by atoms with E-state index >= 15 is 0 Å². The average Bonchev–Trinajstić information content (AvgIpc) is 2.52. The minimum Gasteiger partial charge on any atom is -0.491 e. The molecule has 0 atom stereocenters. The van der Waals surface area contributed by atoms with Crippen LogP contribution in [0.25, 0.3) is 0 Å². The van der Waals surface area contributed by atoms with Gasteiger partial charge in [0.1, 0.15) is 5.75 Å². The van der Waals surface area contributed by atoms with Gasteiger partial charge in [-0.3, -0.25) is 4.79 Å². The van der Waals surface area contributed by atoms with Gasteiger partial charge in [0.05, 0.1) is 18.8 Å². The third-order valence-corrected chi connectivity index (χ3v) is 2.96. The molecule has 4 heteroatoms. The monoisotopic (exact) mass is 298 g/mol. The Kier molecular flexibility index (Phi) is 5.83. The van der Waals surface area contributed by atoms with E-state index in [0.29, 0.717) is 12.5 Å². The predicted octanol–water partition coefficient (Wildman–Crippen LogP) is 3.77. The van der Waals surface area contributed by atoms with Gasteiger partial charge in [0, 0.05) is 5.69 Å². The van der Waals surface area contributed by atoms with Gasteiger partial charge in [-0.25, -0.2) is 0 Å². The van der Waals surface area contributed by atoms with E-state index in [-0.39, 0.29) is 12.5 Å². The summed E-state index contributed by atoms with van der Waals surface area (Å²) < 4.78 is 5.75. The molecule has 0 fully saturated rings. The van der Waals surface area contributed by atoms with Gasteiger partial charge in [0.15, 0.2) is 0 Å². The fourth-order valence-electron chi connectivity index (χ4n) is 1.90. The summed E-state index contributed by atoms with van der Waals surface area (Å²) in [6.45, 7) is 5.04. The standard InChI is InChI=1S/C18H22N2O2/c1-14(2)13-22-17-11-7-6-10-16(17)19-12-18(21)20-15-8-4-3-5-9-15/h3-11,14,19H,12-13H2,1-2H3,(H,20,21). The van der Waals surface area contributed by atoms with E-state index in [1.807, 2.05) is 54.6 Å². The van der Waals surface area contributed by atoms with Crippen LogP contribution in [0.4, 0.5) is 11.4 Å². The highest BCUT2D eigenvalue weighted by Crippen LogP contribution is 2.24. The molecule has 2 aromatic rings. The number of para-hydroxylation sites is 3. The lowest BCUT2D eigenvalue weighted by molar-refractivity contribution is -0.114. The number of anilines is 2. The van der Waals surface area contributed by atoms with E-state index in [0.717, 1.165) is 17.1 Å². The van der Waals surface area contributed by atoms with Gasteiger partial charge in [0.2, 0.25) is 5.91 Å². The van der Waals surface area contributed by atoms with E-state index in [9.17, 15) is 4.79 Å². The van der Waals surface area contributed by atoms with Gasteiger partial charge in [0.25, 0.3) is 0 Å². The highest BCUT2D eigenvalue weighted by molar-refractivity contribution is 5.93. The smallest absolute Gasteiger partial charge is 0.243 e. The molecule has 0 spiro atoms. The molecule has 2 aromatic carbocycles. The maximum atomic E-state index is 11.9. The summed E-state index contributed by atoms with van der Waals surface area (Å²) in [5.41, 5.74) is 1.62. The molecule has 0 aliphatic carbocycles. The Bertz CT molecular complexity index is 597. The van der Waals surface area contributed by atoms with Crippen molar-refractivity contribution in [2.45, 2.75) is 13.8 Å². The molecule has 0 unspecified atom stereocenters. The lowest BCUT2D eigenvalue weighted by atomic mass is 10.2. The summed E-state index contributed by atoms with van der Waals surface area (Å²) in [6.07, 6.45) is 0. The topological polar surface area (TPSA) is 50.4 Å². The largest absolute Gasteiger partial charge is 0.491 e. The third-order valence-electron chi connectivity index (χ3n) is 2.96. The highest BCUT2D eigenvalue weighted by Gasteiger charge is 2.06. The van der Waals surface area contributed by atoms with Crippen LogP contribution in [0.1, 0.15) is 13.8 Å². The lowest BCUT2D eigenvalue weighted by Crippen LogP contribution is -2.22. The number of hydrogen-bond donors (Lipinski definition) is 2. The maximum Gasteiger partial charge on any atom is 0.243 e. The number of nitrogens with one attached hydrogen (secondary N) is 2. The van der Waals surface area contributed by atoms with Crippen LogP contribution in [0.2, 0.25) is 0 Å². The summed E-state index contributed by atoms with van der Waals surface area (Å²) in [7, 11) is 0. The van der Waals surface area contributed by atoms with E-state index in [2.05, 4.69) is 24.5 Å². The molecule has 116 valence electrons. The number of carbonyl (C=O) groups excluding carboxylic acids is 1. The second kappa shape index (κ2) is 8.08. The van der Waals surface area contributed by atoms with Gasteiger partial charge < -0.3 is 15.4 Å². The molecule has 0 aliphatic heterocycles. The zero-order valence-corrected chi connectivity index (χ0v) is 13.0. The molecule has 0 bridgehead atoms. The Morgan fingerprint density at radius 3 is 2.45 bits per heavy atom. The quantitative estimate of drug-likeness (QED) is 0.818. The van der Waals surface area contributed by atoms with Crippen LogP contribution in [0, 0.1) is 5.92 Å². The summed E-state index contributed by atoms with van der Waals surface area (Å²) in [5.74, 6) is 1.13. The van der Waals surface area contributed by atoms with Crippen molar-refractivity contribution in [1.82, 2.24) is 0 Å². The van der Waals surface area contributed by atoms with Crippen LogP contribution < -0.4 is 15.4 Å². The zero-order chi connectivity index (χ0) is 15.8. The first kappa shape index (κ1) is 15.9. The van der Waals surface area contributed by atoms with E-state index in [1.165, 1.54) is 0 Å². The van der Waals surface area contributed by atoms with Crippen LogP contribution in [0.5, 0.6) is 5.75 Å². The van der Waals surface area contributed by atoms with Crippen molar-refractivity contribution in [2.24, 2.45) is 5.92 Å². The number of benzene rings is 2. The molecule has 0 saturated heterocycles. The minimum atomic E-state index is -0.0927. The van der Waals surface area contributed by atoms with Gasteiger partial charge in [-0.2, -0.15) is 0 Å². The molecule has 2 N–H and O–H groups in total. The average molecular weight is 298 g/mol. The summed E-state index contributed by atoms with van der Waals surface area (Å²) in [5, 5.41) is 5.96. The van der Waals surface area contributed by atoms with Gasteiger partial charge in [-0.15, -0.1) is 0 Å². The molecule has 4 nitrogen and oxygen atoms in total. The minimum absolute atomic E-state index is 0.0927. The molecule has 0 radical (unpaired) electrons. The molecule has 1 amide bonds. The van der Waals surface area contributed by atoms with Crippen molar-refractivity contribution in [3.8, 4) is 5.75 Å². The van der Waals surface area contributed by atoms with Gasteiger partial charge >= 0.3 is 0 Å². The Hall–Kier alpha value is -2.49. The van der Waals surface area contributed by atoms with Crippen molar-refractivity contribution in [3.63, 3.8) is 0 Å². The number of carbonyl (C=O) groups is 1. The van der Waals surface area contributed by atoms with Crippen LogP contribution >= 0.6 is 0 Å². The van der Waals surface area contributed by atoms with Crippen LogP contribution in [0.3, 0.4) is 0 Å². The van der Waals surface area contributed by atoms with Crippen molar-refractivity contribution < 1.29 is 9.53 Å². The van der Waals surface area contributed by atoms with Gasteiger partial charge in [-0.1, -0.05) is 44.2 Å². The highest BCUT2D eigenvalue weighted by atomic mass is 16.5. The zero-order valence-electron chi connectivity index (χ0n) is 13.0. The van der Waals surface area contributed by atoms with Crippen LogP contribution in [-0.2, 0) is 4.79 Å². The van der Waals surface area contributed by atoms with Crippen molar-refractivity contribution >= 4 is 17.3 Å². The normalized spacial score (nSPS) is 10.3. The lowest BCUT2D eigenvalue weighted by Gasteiger charge is -2.14. The Balaban J connectivity index is 1.89. The van der Waals surface area contributed by atoms with E-state index < -0.39 is 0 Å². The van der Waals surface area contributed by atoms with Crippen LogP contribution in [-0.4, -0.2) is 19.1 Å². The van der Waals surface area contributed by atoms with E-state index in [1.54, 1.807) is 0 Å². The molecule has 0 aromatic heterocycles. The molecule has 0 heterocycles. The molecular formula is C18H22N2O2.